The molecule has 16 atom stereocenters. The van der Waals surface area contributed by atoms with Gasteiger partial charge in [0.15, 0.2) is 6.29 Å². The summed E-state index contributed by atoms with van der Waals surface area (Å²) in [6, 6.07) is 0. The second-order valence-corrected chi connectivity index (χ2v) is 17.9. The van der Waals surface area contributed by atoms with Crippen LogP contribution in [0.1, 0.15) is 100 Å². The lowest BCUT2D eigenvalue weighted by atomic mass is 9.34. The summed E-state index contributed by atoms with van der Waals surface area (Å²) in [5.74, 6) is -0.486. The predicted octanol–water partition coefficient (Wildman–Crippen LogP) is 2.76. The maximum absolute atomic E-state index is 12.3. The molecule has 5 aliphatic rings. The van der Waals surface area contributed by atoms with Crippen LogP contribution in [0.5, 0.6) is 0 Å². The molecule has 0 amide bonds. The van der Waals surface area contributed by atoms with Crippen molar-refractivity contribution in [1.29, 1.82) is 0 Å². The first-order chi connectivity index (χ1) is 21.6. The average Bonchev–Trinajstić information content (AvgIpc) is 3.37. The first-order valence-corrected chi connectivity index (χ1v) is 17.7. The van der Waals surface area contributed by atoms with E-state index in [1.807, 2.05) is 13.0 Å². The third-order valence-corrected chi connectivity index (χ3v) is 14.5. The zero-order chi connectivity index (χ0) is 35.1. The van der Waals surface area contributed by atoms with E-state index in [0.717, 1.165) is 12.8 Å². The highest BCUT2D eigenvalue weighted by Gasteiger charge is 2.73. The summed E-state index contributed by atoms with van der Waals surface area (Å²) < 4.78 is 12.5. The maximum atomic E-state index is 12.3. The molecule has 0 radical (unpaired) electrons. The third-order valence-electron chi connectivity index (χ3n) is 14.5. The summed E-state index contributed by atoms with van der Waals surface area (Å²) in [4.78, 5) is 4.61. The van der Waals surface area contributed by atoms with E-state index in [1.165, 1.54) is 0 Å². The van der Waals surface area contributed by atoms with Crippen LogP contribution in [-0.2, 0) is 14.4 Å². The number of rotatable bonds is 8. The number of hydrogen-bond donors (Lipinski definition) is 8. The fourth-order valence-corrected chi connectivity index (χ4v) is 11.9. The lowest BCUT2D eigenvalue weighted by molar-refractivity contribution is -0.335. The van der Waals surface area contributed by atoms with Crippen LogP contribution in [0.25, 0.3) is 0 Å². The summed E-state index contributed by atoms with van der Waals surface area (Å²) in [6.07, 6.45) is -1.18. The fraction of sp³-hybridized carbons (Fsp3) is 0.944. The van der Waals surface area contributed by atoms with E-state index in [-0.39, 0.29) is 40.9 Å². The van der Waals surface area contributed by atoms with Crippen LogP contribution in [-0.4, -0.2) is 108 Å². The minimum atomic E-state index is -1.60. The van der Waals surface area contributed by atoms with Crippen molar-refractivity contribution in [3.63, 3.8) is 0 Å². The van der Waals surface area contributed by atoms with Gasteiger partial charge >= 0.3 is 0 Å². The highest BCUT2D eigenvalue weighted by Crippen LogP contribution is 2.76. The molecule has 4 saturated carbocycles. The van der Waals surface area contributed by atoms with Crippen molar-refractivity contribution >= 4 is 0 Å². The van der Waals surface area contributed by atoms with Crippen LogP contribution in [0.3, 0.4) is 0 Å². The van der Waals surface area contributed by atoms with Crippen molar-refractivity contribution in [2.45, 2.75) is 161 Å². The normalized spacial score (nSPS) is 51.2. The Morgan fingerprint density at radius 3 is 2.13 bits per heavy atom. The van der Waals surface area contributed by atoms with Gasteiger partial charge in [-0.3, -0.25) is 5.26 Å². The van der Waals surface area contributed by atoms with Gasteiger partial charge in [0.05, 0.1) is 30.5 Å². The Morgan fingerprint density at radius 1 is 0.851 bits per heavy atom. The molecule has 0 unspecified atom stereocenters. The van der Waals surface area contributed by atoms with E-state index in [2.05, 4.69) is 39.5 Å². The second kappa shape index (κ2) is 12.5. The van der Waals surface area contributed by atoms with Crippen LogP contribution in [0.4, 0.5) is 0 Å². The first-order valence-electron chi connectivity index (χ1n) is 17.7. The molecule has 0 bridgehead atoms. The van der Waals surface area contributed by atoms with Crippen molar-refractivity contribution in [1.82, 2.24) is 0 Å². The maximum Gasteiger partial charge on any atom is 0.187 e. The molecule has 8 N–H and O–H groups in total. The van der Waals surface area contributed by atoms with Gasteiger partial charge in [0.1, 0.15) is 30.0 Å². The van der Waals surface area contributed by atoms with Gasteiger partial charge in [-0.15, -0.1) is 0 Å². The Bertz CT molecular complexity index is 1160. The van der Waals surface area contributed by atoms with Crippen LogP contribution >= 0.6 is 0 Å². The average molecular weight is 671 g/mol. The van der Waals surface area contributed by atoms with Gasteiger partial charge < -0.3 is 45.2 Å². The van der Waals surface area contributed by atoms with Gasteiger partial charge in [-0.1, -0.05) is 46.8 Å². The number of aliphatic hydroxyl groups is 7. The van der Waals surface area contributed by atoms with Gasteiger partial charge in [-0.05, 0) is 111 Å². The third kappa shape index (κ3) is 5.77. The largest absolute Gasteiger partial charge is 0.394 e. The number of hydrogen-bond acceptors (Lipinski definition) is 11. The molecule has 1 saturated heterocycles. The minimum Gasteiger partial charge on any atom is -0.394 e. The zero-order valence-electron chi connectivity index (χ0n) is 29.5. The molecular formula is C36H62O11. The van der Waals surface area contributed by atoms with E-state index >= 15 is 0 Å². The Labute approximate surface area is 279 Å². The molecule has 0 spiro atoms. The number of fused-ring (bicyclic) bond motifs is 5. The molecule has 47 heavy (non-hydrogen) atoms. The Kier molecular flexibility index (Phi) is 10.00. The minimum absolute atomic E-state index is 0.108. The fourth-order valence-electron chi connectivity index (χ4n) is 11.9. The first kappa shape index (κ1) is 37.6. The molecule has 11 nitrogen and oxygen atoms in total. The lowest BCUT2D eigenvalue weighted by Crippen LogP contribution is -2.70. The molecule has 272 valence electrons. The van der Waals surface area contributed by atoms with Crippen molar-refractivity contribution in [2.75, 3.05) is 6.61 Å². The molecule has 4 aliphatic carbocycles. The number of ether oxygens (including phenoxy) is 2. The van der Waals surface area contributed by atoms with Crippen molar-refractivity contribution < 1.29 is 55.4 Å². The van der Waals surface area contributed by atoms with Crippen LogP contribution in [0.2, 0.25) is 0 Å². The zero-order valence-corrected chi connectivity index (χ0v) is 29.5. The van der Waals surface area contributed by atoms with Crippen LogP contribution in [0.15, 0.2) is 12.2 Å². The highest BCUT2D eigenvalue weighted by molar-refractivity contribution is 5.22. The van der Waals surface area contributed by atoms with Crippen LogP contribution < -0.4 is 0 Å². The van der Waals surface area contributed by atoms with Gasteiger partial charge in [-0.25, -0.2) is 4.89 Å². The van der Waals surface area contributed by atoms with E-state index in [0.29, 0.717) is 25.7 Å². The van der Waals surface area contributed by atoms with Crippen molar-refractivity contribution in [3.05, 3.63) is 12.2 Å². The second-order valence-electron chi connectivity index (χ2n) is 17.9. The standard InChI is InChI=1S/C36H62O11/c1-31(2,47-44)12-9-13-36(8,46-30-28(43)27(42)26(41)22(18-37)45-30)19-10-15-34(6)25(19)20(38)16-23-33(5)14-11-24(40)32(3,4)29(33)21(39)17-35(23,34)7/h9,12,19-30,37-44H,10-11,13-18H2,1-8H3/b12-9+/t19-,20+,21-,22+,23+,24-,25-,26+,27-,28+,29+,30-,33+,34+,35+,36-/m0/s1. The van der Waals surface area contributed by atoms with Gasteiger partial charge in [0.2, 0.25) is 0 Å². The van der Waals surface area contributed by atoms with E-state index < -0.39 is 77.7 Å². The van der Waals surface area contributed by atoms with Gasteiger partial charge in [0, 0.05) is 0 Å². The summed E-state index contributed by atoms with van der Waals surface area (Å²) in [5, 5.41) is 86.4. The highest BCUT2D eigenvalue weighted by atomic mass is 17.1. The molecule has 1 aliphatic heterocycles. The van der Waals surface area contributed by atoms with Crippen molar-refractivity contribution in [2.24, 2.45) is 45.3 Å². The van der Waals surface area contributed by atoms with E-state index in [1.54, 1.807) is 19.9 Å². The predicted molar refractivity (Wildman–Crippen MR) is 173 cm³/mol. The monoisotopic (exact) mass is 670 g/mol. The quantitative estimate of drug-likeness (QED) is 0.108. The summed E-state index contributed by atoms with van der Waals surface area (Å²) in [6.45, 7) is 15.7. The molecule has 5 rings (SSSR count). The lowest BCUT2D eigenvalue weighted by Gasteiger charge is -2.71. The Morgan fingerprint density at radius 2 is 1.51 bits per heavy atom. The summed E-state index contributed by atoms with van der Waals surface area (Å²) in [7, 11) is 0. The smallest absolute Gasteiger partial charge is 0.187 e. The Balaban J connectivity index is 1.52. The van der Waals surface area contributed by atoms with E-state index in [4.69, 9.17) is 9.47 Å². The van der Waals surface area contributed by atoms with Gasteiger partial charge in [-0.2, -0.15) is 0 Å². The SMILES string of the molecule is CC(C)(/C=C/C[C@](C)(O[C@@H]1O[C@H](CO)[C@@H](O)[C@H](O)[C@H]1O)[C@H]1CC[C@]2(C)[C@@H]1[C@H](O)C[C@@H]1[C@@]3(C)CC[C@H](O)C(C)(C)[C@H]3[C@@H](O)C[C@]12C)OO. The molecular weight excluding hydrogens is 608 g/mol. The van der Waals surface area contributed by atoms with Crippen molar-refractivity contribution in [3.8, 4) is 0 Å². The molecule has 0 aromatic carbocycles. The van der Waals surface area contributed by atoms with Crippen LogP contribution in [0, 0.1) is 45.3 Å². The topological polar surface area (TPSA) is 190 Å². The molecule has 0 aromatic rings. The van der Waals surface area contributed by atoms with Gasteiger partial charge in [0.25, 0.3) is 0 Å². The summed E-state index contributed by atoms with van der Waals surface area (Å²) >= 11 is 0. The molecule has 11 heteroatoms. The Hall–Kier alpha value is -0.700. The number of aliphatic hydroxyl groups excluding tert-OH is 7. The summed E-state index contributed by atoms with van der Waals surface area (Å²) in [5.41, 5.74) is -3.53. The van der Waals surface area contributed by atoms with E-state index in [9.17, 15) is 41.0 Å². The molecule has 0 aromatic heterocycles. The molecule has 1 heterocycles. The molecule has 5 fully saturated rings.